The largest absolute Gasteiger partial charge is 0.300 e. The van der Waals surface area contributed by atoms with Crippen LogP contribution >= 0.6 is 12.6 Å². The Labute approximate surface area is 96.9 Å². The van der Waals surface area contributed by atoms with Crippen LogP contribution in [0.3, 0.4) is 0 Å². The highest BCUT2D eigenvalue weighted by atomic mass is 32.1. The van der Waals surface area contributed by atoms with E-state index >= 15 is 0 Å². The minimum Gasteiger partial charge on any atom is -0.300 e. The van der Waals surface area contributed by atoms with E-state index in [9.17, 15) is 0 Å². The van der Waals surface area contributed by atoms with Gasteiger partial charge < -0.3 is 4.90 Å². The van der Waals surface area contributed by atoms with E-state index in [1.165, 1.54) is 12.1 Å². The molecule has 1 aromatic rings. The normalized spacial score (nSPS) is 18.7. The first-order valence-electron chi connectivity index (χ1n) is 5.45. The zero-order valence-electron chi connectivity index (χ0n) is 9.69. The van der Waals surface area contributed by atoms with Gasteiger partial charge in [-0.25, -0.2) is 0 Å². The van der Waals surface area contributed by atoms with E-state index in [-0.39, 0.29) is 4.75 Å². The van der Waals surface area contributed by atoms with Crippen molar-refractivity contribution in [1.82, 2.24) is 14.7 Å². The van der Waals surface area contributed by atoms with Crippen LogP contribution in [-0.2, 0) is 17.8 Å². The summed E-state index contributed by atoms with van der Waals surface area (Å²) in [7, 11) is 2.16. The van der Waals surface area contributed by atoms with Crippen LogP contribution in [0.25, 0.3) is 0 Å². The number of aromatic nitrogens is 2. The first-order valence-corrected chi connectivity index (χ1v) is 5.89. The summed E-state index contributed by atoms with van der Waals surface area (Å²) in [4.78, 5) is 2.34. The molecular formula is C11H19N3S. The lowest BCUT2D eigenvalue weighted by Gasteiger charge is -2.14. The Bertz CT molecular complexity index is 351. The van der Waals surface area contributed by atoms with Gasteiger partial charge >= 0.3 is 0 Å². The van der Waals surface area contributed by atoms with Crippen molar-refractivity contribution in [3.8, 4) is 0 Å². The summed E-state index contributed by atoms with van der Waals surface area (Å²) >= 11 is 4.56. The molecule has 0 atom stereocenters. The number of hydrogen-bond acceptors (Lipinski definition) is 3. The summed E-state index contributed by atoms with van der Waals surface area (Å²) in [5.74, 6) is 0. The third-order valence-electron chi connectivity index (χ3n) is 2.83. The number of hydrogen-bond donors (Lipinski definition) is 1. The molecule has 3 nitrogen and oxygen atoms in total. The van der Waals surface area contributed by atoms with Gasteiger partial charge in [0.05, 0.1) is 16.1 Å². The van der Waals surface area contributed by atoms with Crippen LogP contribution in [0.4, 0.5) is 0 Å². The van der Waals surface area contributed by atoms with E-state index in [0.717, 1.165) is 25.3 Å². The Balaban J connectivity index is 2.31. The van der Waals surface area contributed by atoms with Crippen molar-refractivity contribution >= 4 is 12.6 Å². The van der Waals surface area contributed by atoms with Crippen LogP contribution in [0.1, 0.15) is 31.7 Å². The highest BCUT2D eigenvalue weighted by Crippen LogP contribution is 2.27. The maximum Gasteiger partial charge on any atom is 0.0780 e. The smallest absolute Gasteiger partial charge is 0.0780 e. The molecule has 0 radical (unpaired) electrons. The molecule has 0 amide bonds. The lowest BCUT2D eigenvalue weighted by molar-refractivity contribution is 0.332. The van der Waals surface area contributed by atoms with Gasteiger partial charge in [0.15, 0.2) is 0 Å². The molecule has 0 aliphatic carbocycles. The van der Waals surface area contributed by atoms with Gasteiger partial charge in [-0.05, 0) is 33.4 Å². The van der Waals surface area contributed by atoms with Crippen LogP contribution in [-0.4, -0.2) is 28.3 Å². The van der Waals surface area contributed by atoms with Gasteiger partial charge in [-0.15, -0.1) is 0 Å². The van der Waals surface area contributed by atoms with E-state index in [0.29, 0.717) is 0 Å². The van der Waals surface area contributed by atoms with Crippen molar-refractivity contribution < 1.29 is 0 Å². The number of thiol groups is 1. The van der Waals surface area contributed by atoms with E-state index < -0.39 is 0 Å². The first kappa shape index (κ1) is 11.0. The van der Waals surface area contributed by atoms with Crippen LogP contribution in [0.15, 0.2) is 6.07 Å². The molecule has 0 fully saturated rings. The molecule has 0 N–H and O–H groups in total. The Morgan fingerprint density at radius 1 is 1.40 bits per heavy atom. The summed E-state index contributed by atoms with van der Waals surface area (Å²) in [6, 6.07) is 2.19. The summed E-state index contributed by atoms with van der Waals surface area (Å²) in [5, 5.41) is 4.63. The Morgan fingerprint density at radius 2 is 2.13 bits per heavy atom. The summed E-state index contributed by atoms with van der Waals surface area (Å²) in [6.07, 6.45) is 1.18. The fourth-order valence-electron chi connectivity index (χ4n) is 1.92. The molecule has 1 aliphatic heterocycles. The van der Waals surface area contributed by atoms with Gasteiger partial charge in [0, 0.05) is 19.6 Å². The number of aryl methyl sites for hydroxylation is 1. The summed E-state index contributed by atoms with van der Waals surface area (Å²) in [5.41, 5.74) is 2.39. The second kappa shape index (κ2) is 3.83. The van der Waals surface area contributed by atoms with E-state index in [4.69, 9.17) is 0 Å². The van der Waals surface area contributed by atoms with Gasteiger partial charge in [0.1, 0.15) is 0 Å². The van der Waals surface area contributed by atoms with Crippen molar-refractivity contribution in [2.75, 3.05) is 13.6 Å². The van der Waals surface area contributed by atoms with Crippen LogP contribution in [0.5, 0.6) is 0 Å². The maximum atomic E-state index is 4.63. The second-order valence-corrected chi connectivity index (χ2v) is 6.01. The average molecular weight is 225 g/mol. The third-order valence-corrected chi connectivity index (χ3v) is 3.06. The van der Waals surface area contributed by atoms with Gasteiger partial charge in [0.2, 0.25) is 0 Å². The molecule has 0 spiro atoms. The minimum atomic E-state index is -0.141. The minimum absolute atomic E-state index is 0.141. The van der Waals surface area contributed by atoms with Crippen molar-refractivity contribution in [2.24, 2.45) is 0 Å². The molecule has 0 unspecified atom stereocenters. The molecule has 0 saturated heterocycles. The molecule has 1 aliphatic rings. The SMILES string of the molecule is CN1CCCn2nc(C(C)(C)S)cc2C1. The molecule has 84 valence electrons. The molecule has 1 aromatic heterocycles. The van der Waals surface area contributed by atoms with Crippen LogP contribution < -0.4 is 0 Å². The molecular weight excluding hydrogens is 206 g/mol. The van der Waals surface area contributed by atoms with Crippen molar-refractivity contribution in [3.63, 3.8) is 0 Å². The number of nitrogens with zero attached hydrogens (tertiary/aromatic N) is 3. The van der Waals surface area contributed by atoms with Crippen LogP contribution in [0, 0.1) is 0 Å². The highest BCUT2D eigenvalue weighted by Gasteiger charge is 2.22. The summed E-state index contributed by atoms with van der Waals surface area (Å²) in [6.45, 7) is 7.35. The second-order valence-electron chi connectivity index (χ2n) is 4.89. The van der Waals surface area contributed by atoms with Crippen LogP contribution in [0.2, 0.25) is 0 Å². The fourth-order valence-corrected chi connectivity index (χ4v) is 2.03. The fraction of sp³-hybridized carbons (Fsp3) is 0.727. The maximum absolute atomic E-state index is 4.63. The predicted octanol–water partition coefficient (Wildman–Crippen LogP) is 1.88. The van der Waals surface area contributed by atoms with Gasteiger partial charge in [-0.1, -0.05) is 0 Å². The Kier molecular flexibility index (Phi) is 2.81. The Morgan fingerprint density at radius 3 is 2.80 bits per heavy atom. The van der Waals surface area contributed by atoms with E-state index in [1.807, 2.05) is 0 Å². The molecule has 4 heteroatoms. The monoisotopic (exact) mass is 225 g/mol. The van der Waals surface area contributed by atoms with Crippen molar-refractivity contribution in [2.45, 2.75) is 38.1 Å². The average Bonchev–Trinajstić information content (AvgIpc) is 2.41. The number of fused-ring (bicyclic) bond motifs is 1. The number of rotatable bonds is 1. The zero-order valence-corrected chi connectivity index (χ0v) is 10.6. The third kappa shape index (κ3) is 2.37. The predicted molar refractivity (Wildman–Crippen MR) is 65.2 cm³/mol. The molecule has 0 bridgehead atoms. The van der Waals surface area contributed by atoms with Gasteiger partial charge in [0.25, 0.3) is 0 Å². The zero-order chi connectivity index (χ0) is 11.1. The molecule has 0 aromatic carbocycles. The topological polar surface area (TPSA) is 21.1 Å². The lowest BCUT2D eigenvalue weighted by Crippen LogP contribution is -2.17. The standard InChI is InChI=1S/C11H19N3S/c1-11(2,15)10-7-9-8-13(3)5-4-6-14(9)12-10/h7,15H,4-6,8H2,1-3H3. The highest BCUT2D eigenvalue weighted by molar-refractivity contribution is 7.81. The Hall–Kier alpha value is -0.480. The molecule has 0 saturated carbocycles. The lowest BCUT2D eigenvalue weighted by atomic mass is 10.1. The van der Waals surface area contributed by atoms with E-state index in [2.05, 4.69) is 54.3 Å². The molecule has 2 rings (SSSR count). The molecule has 15 heavy (non-hydrogen) atoms. The van der Waals surface area contributed by atoms with Crippen molar-refractivity contribution in [1.29, 1.82) is 0 Å². The molecule has 2 heterocycles. The first-order chi connectivity index (χ1) is 6.97. The quantitative estimate of drug-likeness (QED) is 0.737. The van der Waals surface area contributed by atoms with Crippen molar-refractivity contribution in [3.05, 3.63) is 17.5 Å². The van der Waals surface area contributed by atoms with Gasteiger partial charge in [-0.2, -0.15) is 17.7 Å². The summed E-state index contributed by atoms with van der Waals surface area (Å²) < 4.78 is 1.99. The van der Waals surface area contributed by atoms with Gasteiger partial charge in [-0.3, -0.25) is 4.68 Å². The van der Waals surface area contributed by atoms with E-state index in [1.54, 1.807) is 0 Å².